The summed E-state index contributed by atoms with van der Waals surface area (Å²) < 4.78 is 0. The van der Waals surface area contributed by atoms with E-state index in [1.54, 1.807) is 0 Å². The summed E-state index contributed by atoms with van der Waals surface area (Å²) in [6, 6.07) is 10.2. The van der Waals surface area contributed by atoms with Crippen LogP contribution in [0.3, 0.4) is 0 Å². The Balaban J connectivity index is 2.60. The summed E-state index contributed by atoms with van der Waals surface area (Å²) >= 11 is 0. The van der Waals surface area contributed by atoms with E-state index in [-0.39, 0.29) is 0 Å². The molecular weight excluding hydrogens is 200 g/mol. The highest BCUT2D eigenvalue weighted by molar-refractivity contribution is 6.76. The van der Waals surface area contributed by atoms with Crippen molar-refractivity contribution in [1.29, 1.82) is 5.26 Å². The molecule has 0 aliphatic carbocycles. The first-order valence-electron chi connectivity index (χ1n) is 5.20. The Morgan fingerprint density at radius 1 is 1.20 bits per heavy atom. The monoisotopic (exact) mass is 218 g/mol. The molecule has 0 heterocycles. The van der Waals surface area contributed by atoms with Crippen LogP contribution in [0.1, 0.15) is 5.56 Å². The van der Waals surface area contributed by atoms with Crippen LogP contribution >= 0.6 is 0 Å². The SMILES string of the molecule is C[Si](C)(C)CN(C#N)Cc1ccccc1. The van der Waals surface area contributed by atoms with E-state index in [1.807, 2.05) is 23.1 Å². The first-order valence-corrected chi connectivity index (χ1v) is 8.90. The van der Waals surface area contributed by atoms with Crippen LogP contribution in [0.25, 0.3) is 0 Å². The van der Waals surface area contributed by atoms with Gasteiger partial charge in [0.25, 0.3) is 0 Å². The molecule has 2 nitrogen and oxygen atoms in total. The van der Waals surface area contributed by atoms with E-state index in [1.165, 1.54) is 5.56 Å². The van der Waals surface area contributed by atoms with Gasteiger partial charge in [-0.15, -0.1) is 0 Å². The highest BCUT2D eigenvalue weighted by Gasteiger charge is 2.17. The molecule has 1 aromatic rings. The number of hydrogen-bond donors (Lipinski definition) is 0. The van der Waals surface area contributed by atoms with E-state index in [9.17, 15) is 0 Å². The van der Waals surface area contributed by atoms with Crippen molar-refractivity contribution >= 4 is 8.07 Å². The van der Waals surface area contributed by atoms with Crippen LogP contribution in [0.4, 0.5) is 0 Å². The van der Waals surface area contributed by atoms with Gasteiger partial charge in [-0.2, -0.15) is 5.26 Å². The Hall–Kier alpha value is -1.27. The topological polar surface area (TPSA) is 27.0 Å². The number of benzene rings is 1. The number of nitriles is 1. The number of nitrogens with zero attached hydrogens (tertiary/aromatic N) is 2. The van der Waals surface area contributed by atoms with Crippen molar-refractivity contribution < 1.29 is 0 Å². The van der Waals surface area contributed by atoms with Crippen LogP contribution in [0.15, 0.2) is 30.3 Å². The fraction of sp³-hybridized carbons (Fsp3) is 0.417. The molecule has 0 saturated carbocycles. The molecule has 0 aliphatic heterocycles. The van der Waals surface area contributed by atoms with Gasteiger partial charge in [0.05, 0.1) is 14.6 Å². The van der Waals surface area contributed by atoms with Crippen molar-refractivity contribution in [2.24, 2.45) is 0 Å². The normalized spacial score (nSPS) is 10.8. The molecule has 0 aliphatic rings. The van der Waals surface area contributed by atoms with E-state index in [2.05, 4.69) is 38.0 Å². The lowest BCUT2D eigenvalue weighted by molar-refractivity contribution is 0.439. The summed E-state index contributed by atoms with van der Waals surface area (Å²) in [6.45, 7) is 7.58. The fourth-order valence-electron chi connectivity index (χ4n) is 1.50. The summed E-state index contributed by atoms with van der Waals surface area (Å²) in [5, 5.41) is 9.05. The summed E-state index contributed by atoms with van der Waals surface area (Å²) in [5.74, 6) is 0. The smallest absolute Gasteiger partial charge is 0.179 e. The zero-order valence-corrected chi connectivity index (χ0v) is 10.7. The molecule has 0 atom stereocenters. The van der Waals surface area contributed by atoms with Gasteiger partial charge in [0.2, 0.25) is 0 Å². The van der Waals surface area contributed by atoms with Crippen molar-refractivity contribution in [3.8, 4) is 6.19 Å². The maximum absolute atomic E-state index is 9.05. The molecule has 1 aromatic carbocycles. The van der Waals surface area contributed by atoms with E-state index in [0.717, 1.165) is 12.7 Å². The van der Waals surface area contributed by atoms with Crippen molar-refractivity contribution in [1.82, 2.24) is 4.90 Å². The second-order valence-electron chi connectivity index (χ2n) is 5.00. The molecule has 0 fully saturated rings. The van der Waals surface area contributed by atoms with Crippen LogP contribution < -0.4 is 0 Å². The molecule has 0 spiro atoms. The second-order valence-corrected chi connectivity index (χ2v) is 10.4. The molecule has 0 saturated heterocycles. The zero-order valence-electron chi connectivity index (χ0n) is 9.70. The average molecular weight is 218 g/mol. The lowest BCUT2D eigenvalue weighted by atomic mass is 10.2. The lowest BCUT2D eigenvalue weighted by Crippen LogP contribution is -2.37. The van der Waals surface area contributed by atoms with Gasteiger partial charge in [0.1, 0.15) is 0 Å². The highest BCUT2D eigenvalue weighted by Crippen LogP contribution is 2.08. The average Bonchev–Trinajstić information content (AvgIpc) is 2.16. The van der Waals surface area contributed by atoms with Crippen molar-refractivity contribution in [2.45, 2.75) is 26.2 Å². The summed E-state index contributed by atoms with van der Waals surface area (Å²) in [6.07, 6.45) is 3.20. The molecule has 0 amide bonds. The first kappa shape index (κ1) is 11.8. The van der Waals surface area contributed by atoms with E-state index >= 15 is 0 Å². The third kappa shape index (κ3) is 4.66. The van der Waals surface area contributed by atoms with E-state index < -0.39 is 8.07 Å². The van der Waals surface area contributed by atoms with Crippen LogP contribution in [-0.2, 0) is 6.54 Å². The molecule has 0 unspecified atom stereocenters. The third-order valence-electron chi connectivity index (χ3n) is 2.02. The fourth-order valence-corrected chi connectivity index (χ4v) is 2.83. The predicted octanol–water partition coefficient (Wildman–Crippen LogP) is 2.85. The van der Waals surface area contributed by atoms with Gasteiger partial charge in [-0.1, -0.05) is 50.0 Å². The van der Waals surface area contributed by atoms with Crippen LogP contribution in [-0.4, -0.2) is 19.1 Å². The largest absolute Gasteiger partial charge is 0.309 e. The Kier molecular flexibility index (Phi) is 3.93. The van der Waals surface area contributed by atoms with Crippen LogP contribution in [0.2, 0.25) is 19.6 Å². The van der Waals surface area contributed by atoms with Gasteiger partial charge in [0, 0.05) is 6.17 Å². The minimum Gasteiger partial charge on any atom is -0.309 e. The highest BCUT2D eigenvalue weighted by atomic mass is 28.3. The minimum absolute atomic E-state index is 0.738. The summed E-state index contributed by atoms with van der Waals surface area (Å²) in [5.41, 5.74) is 1.21. The first-order chi connectivity index (χ1) is 7.01. The zero-order chi connectivity index (χ0) is 11.3. The summed E-state index contributed by atoms with van der Waals surface area (Å²) in [4.78, 5) is 1.86. The predicted molar refractivity (Wildman–Crippen MR) is 65.8 cm³/mol. The molecule has 80 valence electrons. The molecule has 0 aromatic heterocycles. The molecule has 0 radical (unpaired) electrons. The van der Waals surface area contributed by atoms with Crippen molar-refractivity contribution in [3.05, 3.63) is 35.9 Å². The Labute approximate surface area is 93.2 Å². The Morgan fingerprint density at radius 3 is 2.27 bits per heavy atom. The van der Waals surface area contributed by atoms with Gasteiger partial charge in [0.15, 0.2) is 6.19 Å². The second kappa shape index (κ2) is 4.99. The molecule has 0 N–H and O–H groups in total. The lowest BCUT2D eigenvalue weighted by Gasteiger charge is -2.23. The van der Waals surface area contributed by atoms with Gasteiger partial charge >= 0.3 is 0 Å². The van der Waals surface area contributed by atoms with Gasteiger partial charge in [-0.05, 0) is 5.56 Å². The van der Waals surface area contributed by atoms with Crippen LogP contribution in [0.5, 0.6) is 0 Å². The molecule has 1 rings (SSSR count). The molecule has 3 heteroatoms. The van der Waals surface area contributed by atoms with Gasteiger partial charge in [-0.25, -0.2) is 0 Å². The number of rotatable bonds is 4. The van der Waals surface area contributed by atoms with E-state index in [0.29, 0.717) is 0 Å². The third-order valence-corrected chi connectivity index (χ3v) is 3.35. The summed E-state index contributed by atoms with van der Waals surface area (Å²) in [7, 11) is -1.19. The Bertz CT molecular complexity index is 335. The maximum Gasteiger partial charge on any atom is 0.179 e. The van der Waals surface area contributed by atoms with Crippen LogP contribution in [0, 0.1) is 11.5 Å². The quantitative estimate of drug-likeness (QED) is 0.441. The minimum atomic E-state index is -1.19. The molecular formula is C12H18N2Si. The van der Waals surface area contributed by atoms with Gasteiger partial charge < -0.3 is 4.90 Å². The van der Waals surface area contributed by atoms with Gasteiger partial charge in [-0.3, -0.25) is 0 Å². The van der Waals surface area contributed by atoms with E-state index in [4.69, 9.17) is 5.26 Å². The molecule has 0 bridgehead atoms. The van der Waals surface area contributed by atoms with Crippen molar-refractivity contribution in [2.75, 3.05) is 6.17 Å². The van der Waals surface area contributed by atoms with Crippen molar-refractivity contribution in [3.63, 3.8) is 0 Å². The standard InChI is InChI=1S/C12H18N2Si/c1-15(2,3)11-14(10-13)9-12-7-5-4-6-8-12/h4-8H,9,11H2,1-3H3. The maximum atomic E-state index is 9.05. The Morgan fingerprint density at radius 2 is 1.80 bits per heavy atom. The number of hydrogen-bond acceptors (Lipinski definition) is 2. The molecule has 15 heavy (non-hydrogen) atoms.